The van der Waals surface area contributed by atoms with Gasteiger partial charge in [0.15, 0.2) is 5.78 Å². The van der Waals surface area contributed by atoms with Crippen molar-refractivity contribution >= 4 is 5.78 Å². The minimum absolute atomic E-state index is 0.166. The summed E-state index contributed by atoms with van der Waals surface area (Å²) in [7, 11) is 0. The molecular weight excluding hydrogens is 250 g/mol. The first-order valence-electron chi connectivity index (χ1n) is 7.55. The Hall–Kier alpha value is -1.35. The van der Waals surface area contributed by atoms with Crippen molar-refractivity contribution < 1.29 is 9.53 Å². The molecule has 3 nitrogen and oxygen atoms in total. The number of rotatable bonds is 7. The second kappa shape index (κ2) is 5.96. The first-order chi connectivity index (χ1) is 9.48. The first kappa shape index (κ1) is 15.0. The van der Waals surface area contributed by atoms with Gasteiger partial charge in [-0.15, -0.1) is 0 Å². The molecule has 0 amide bonds. The van der Waals surface area contributed by atoms with Gasteiger partial charge in [-0.1, -0.05) is 13.8 Å². The summed E-state index contributed by atoms with van der Waals surface area (Å²) in [5, 5.41) is 0. The maximum absolute atomic E-state index is 12.7. The van der Waals surface area contributed by atoms with Gasteiger partial charge in [0, 0.05) is 5.56 Å². The summed E-state index contributed by atoms with van der Waals surface area (Å²) in [6, 6.07) is 7.57. The van der Waals surface area contributed by atoms with Crippen molar-refractivity contribution in [1.82, 2.24) is 4.90 Å². The van der Waals surface area contributed by atoms with Crippen LogP contribution < -0.4 is 4.74 Å². The van der Waals surface area contributed by atoms with Crippen LogP contribution in [-0.4, -0.2) is 35.4 Å². The van der Waals surface area contributed by atoms with E-state index in [-0.39, 0.29) is 5.78 Å². The summed E-state index contributed by atoms with van der Waals surface area (Å²) in [6.07, 6.45) is 2.69. The Bertz CT molecular complexity index is 456. The van der Waals surface area contributed by atoms with Crippen LogP contribution in [0.15, 0.2) is 24.3 Å². The molecule has 110 valence electrons. The minimum atomic E-state index is -0.470. The van der Waals surface area contributed by atoms with Crippen molar-refractivity contribution in [1.29, 1.82) is 0 Å². The molecule has 0 spiro atoms. The topological polar surface area (TPSA) is 29.5 Å². The number of likely N-dealkylation sites (N-methyl/N-ethyl adjacent to an activating group) is 1. The summed E-state index contributed by atoms with van der Waals surface area (Å²) >= 11 is 0. The van der Waals surface area contributed by atoms with Crippen LogP contribution in [0.3, 0.4) is 0 Å². The molecule has 0 unspecified atom stereocenters. The molecule has 1 fully saturated rings. The maximum Gasteiger partial charge on any atom is 0.182 e. The number of carbonyl (C=O) groups excluding carboxylic acids is 1. The largest absolute Gasteiger partial charge is 0.490 e. The fourth-order valence-electron chi connectivity index (χ4n) is 2.57. The fraction of sp³-hybridized carbons (Fsp3) is 0.588. The van der Waals surface area contributed by atoms with E-state index in [1.54, 1.807) is 0 Å². The first-order valence-corrected chi connectivity index (χ1v) is 7.55. The van der Waals surface area contributed by atoms with E-state index in [1.807, 2.05) is 38.1 Å². The normalized spacial score (nSPS) is 15.4. The number of Topliss-reactive ketones (excluding diaryl/α,β-unsaturated/α-hetero) is 1. The third-order valence-electron chi connectivity index (χ3n) is 4.05. The molecule has 0 saturated heterocycles. The number of ketones is 1. The lowest BCUT2D eigenvalue weighted by atomic mass is 9.91. The van der Waals surface area contributed by atoms with Gasteiger partial charge in [-0.05, 0) is 64.0 Å². The SMILES string of the molecule is CCN(CC)C(C)(C)C(=O)c1ccc(OC2CC2)cc1. The summed E-state index contributed by atoms with van der Waals surface area (Å²) in [6.45, 7) is 9.92. The Labute approximate surface area is 121 Å². The Balaban J connectivity index is 2.10. The molecule has 0 heterocycles. The molecule has 3 heteroatoms. The molecule has 1 saturated carbocycles. The number of hydrogen-bond acceptors (Lipinski definition) is 3. The van der Waals surface area contributed by atoms with Gasteiger partial charge in [0.1, 0.15) is 5.75 Å². The molecule has 0 atom stereocenters. The molecule has 0 bridgehead atoms. The Morgan fingerprint density at radius 3 is 2.20 bits per heavy atom. The van der Waals surface area contributed by atoms with Crippen LogP contribution in [0.25, 0.3) is 0 Å². The molecule has 0 N–H and O–H groups in total. The highest BCUT2D eigenvalue weighted by Crippen LogP contribution is 2.27. The van der Waals surface area contributed by atoms with Crippen LogP contribution in [-0.2, 0) is 0 Å². The second-order valence-electron chi connectivity index (χ2n) is 5.90. The van der Waals surface area contributed by atoms with E-state index in [4.69, 9.17) is 4.74 Å². The fourth-order valence-corrected chi connectivity index (χ4v) is 2.57. The predicted molar refractivity (Wildman–Crippen MR) is 81.4 cm³/mol. The van der Waals surface area contributed by atoms with E-state index >= 15 is 0 Å². The van der Waals surface area contributed by atoms with Crippen LogP contribution >= 0.6 is 0 Å². The molecule has 1 aliphatic carbocycles. The van der Waals surface area contributed by atoms with Gasteiger partial charge in [-0.3, -0.25) is 9.69 Å². The molecular formula is C17H25NO2. The quantitative estimate of drug-likeness (QED) is 0.713. The molecule has 2 rings (SSSR count). The molecule has 0 aliphatic heterocycles. The molecule has 1 aromatic rings. The van der Waals surface area contributed by atoms with E-state index in [1.165, 1.54) is 0 Å². The van der Waals surface area contributed by atoms with Gasteiger partial charge in [0.05, 0.1) is 11.6 Å². The van der Waals surface area contributed by atoms with Crippen molar-refractivity contribution in [2.75, 3.05) is 13.1 Å². The van der Waals surface area contributed by atoms with Crippen molar-refractivity contribution in [3.63, 3.8) is 0 Å². The number of nitrogens with zero attached hydrogens (tertiary/aromatic N) is 1. The van der Waals surface area contributed by atoms with Gasteiger partial charge < -0.3 is 4.74 Å². The summed E-state index contributed by atoms with van der Waals surface area (Å²) in [5.74, 6) is 1.03. The molecule has 1 aromatic carbocycles. The van der Waals surface area contributed by atoms with Crippen LogP contribution in [0.5, 0.6) is 5.75 Å². The zero-order valence-corrected chi connectivity index (χ0v) is 13.0. The Morgan fingerprint density at radius 1 is 1.20 bits per heavy atom. The number of ether oxygens (including phenoxy) is 1. The average Bonchev–Trinajstić information content (AvgIpc) is 3.24. The van der Waals surface area contributed by atoms with Crippen LogP contribution in [0.4, 0.5) is 0 Å². The lowest BCUT2D eigenvalue weighted by Gasteiger charge is -2.35. The highest BCUT2D eigenvalue weighted by Gasteiger charge is 2.33. The van der Waals surface area contributed by atoms with Gasteiger partial charge in [0.2, 0.25) is 0 Å². The number of benzene rings is 1. The summed E-state index contributed by atoms with van der Waals surface area (Å²) in [4.78, 5) is 14.9. The lowest BCUT2D eigenvalue weighted by molar-refractivity contribution is 0.0669. The predicted octanol–water partition coefficient (Wildman–Crippen LogP) is 3.53. The monoisotopic (exact) mass is 275 g/mol. The lowest BCUT2D eigenvalue weighted by Crippen LogP contribution is -2.49. The van der Waals surface area contributed by atoms with Gasteiger partial charge in [-0.2, -0.15) is 0 Å². The highest BCUT2D eigenvalue weighted by atomic mass is 16.5. The molecule has 1 aliphatic rings. The van der Waals surface area contributed by atoms with Gasteiger partial charge in [0.25, 0.3) is 0 Å². The zero-order valence-electron chi connectivity index (χ0n) is 13.0. The van der Waals surface area contributed by atoms with E-state index in [2.05, 4.69) is 18.7 Å². The second-order valence-corrected chi connectivity index (χ2v) is 5.90. The maximum atomic E-state index is 12.7. The van der Waals surface area contributed by atoms with Crippen LogP contribution in [0, 0.1) is 0 Å². The van der Waals surface area contributed by atoms with E-state index in [0.29, 0.717) is 6.10 Å². The smallest absolute Gasteiger partial charge is 0.182 e. The number of hydrogen-bond donors (Lipinski definition) is 0. The van der Waals surface area contributed by atoms with Crippen LogP contribution in [0.2, 0.25) is 0 Å². The van der Waals surface area contributed by atoms with Crippen LogP contribution in [0.1, 0.15) is 50.9 Å². The third kappa shape index (κ3) is 3.21. The van der Waals surface area contributed by atoms with Crippen molar-refractivity contribution in [2.45, 2.75) is 52.2 Å². The summed E-state index contributed by atoms with van der Waals surface area (Å²) in [5.41, 5.74) is 0.285. The standard InChI is InChI=1S/C17H25NO2/c1-5-18(6-2)17(3,4)16(19)13-7-9-14(10-8-13)20-15-11-12-15/h7-10,15H,5-6,11-12H2,1-4H3. The van der Waals surface area contributed by atoms with E-state index in [0.717, 1.165) is 37.2 Å². The molecule has 20 heavy (non-hydrogen) atoms. The van der Waals surface area contributed by atoms with Crippen molar-refractivity contribution in [3.8, 4) is 5.75 Å². The Kier molecular flexibility index (Phi) is 4.48. The third-order valence-corrected chi connectivity index (χ3v) is 4.05. The van der Waals surface area contributed by atoms with Gasteiger partial charge in [-0.25, -0.2) is 0 Å². The number of carbonyl (C=O) groups is 1. The van der Waals surface area contributed by atoms with Crippen molar-refractivity contribution in [2.24, 2.45) is 0 Å². The van der Waals surface area contributed by atoms with Crippen molar-refractivity contribution in [3.05, 3.63) is 29.8 Å². The Morgan fingerprint density at radius 2 is 1.75 bits per heavy atom. The van der Waals surface area contributed by atoms with E-state index in [9.17, 15) is 4.79 Å². The van der Waals surface area contributed by atoms with Gasteiger partial charge >= 0.3 is 0 Å². The minimum Gasteiger partial charge on any atom is -0.490 e. The average molecular weight is 275 g/mol. The van der Waals surface area contributed by atoms with E-state index < -0.39 is 5.54 Å². The molecule has 0 radical (unpaired) electrons. The molecule has 0 aromatic heterocycles. The summed E-state index contributed by atoms with van der Waals surface area (Å²) < 4.78 is 5.71. The highest BCUT2D eigenvalue weighted by molar-refractivity contribution is 6.02. The zero-order chi connectivity index (χ0) is 14.8.